The third kappa shape index (κ3) is 4.30. The Labute approximate surface area is 165 Å². The van der Waals surface area contributed by atoms with E-state index in [0.717, 1.165) is 25.9 Å². The lowest BCUT2D eigenvalue weighted by atomic mass is 10.2. The SMILES string of the molecule is CC(Oc1ccc(Cl)cc1Br)C(=O)Nc1c(F)cccc1N1CCCC1. The number of benzene rings is 2. The molecule has 0 aromatic heterocycles. The van der Waals surface area contributed by atoms with E-state index < -0.39 is 17.8 Å². The Morgan fingerprint density at radius 2 is 2.04 bits per heavy atom. The average molecular weight is 442 g/mol. The second-order valence-electron chi connectivity index (χ2n) is 6.15. The van der Waals surface area contributed by atoms with Gasteiger partial charge in [-0.1, -0.05) is 17.7 Å². The number of halogens is 3. The Balaban J connectivity index is 1.75. The highest BCUT2D eigenvalue weighted by Gasteiger charge is 2.22. The number of carbonyl (C=O) groups is 1. The lowest BCUT2D eigenvalue weighted by molar-refractivity contribution is -0.122. The topological polar surface area (TPSA) is 41.6 Å². The molecule has 1 aliphatic heterocycles. The van der Waals surface area contributed by atoms with Gasteiger partial charge in [-0.25, -0.2) is 4.39 Å². The smallest absolute Gasteiger partial charge is 0.265 e. The fourth-order valence-electron chi connectivity index (χ4n) is 2.90. The van der Waals surface area contributed by atoms with E-state index in [4.69, 9.17) is 16.3 Å². The summed E-state index contributed by atoms with van der Waals surface area (Å²) in [4.78, 5) is 14.6. The van der Waals surface area contributed by atoms with Gasteiger partial charge in [0, 0.05) is 18.1 Å². The van der Waals surface area contributed by atoms with Crippen molar-refractivity contribution in [2.45, 2.75) is 25.9 Å². The van der Waals surface area contributed by atoms with E-state index in [1.165, 1.54) is 6.07 Å². The summed E-state index contributed by atoms with van der Waals surface area (Å²) >= 11 is 9.26. The van der Waals surface area contributed by atoms with E-state index in [1.54, 1.807) is 31.2 Å². The molecule has 138 valence electrons. The Hall–Kier alpha value is -1.79. The fourth-order valence-corrected chi connectivity index (χ4v) is 3.67. The number of ether oxygens (including phenoxy) is 1. The van der Waals surface area contributed by atoms with Crippen molar-refractivity contribution in [2.24, 2.45) is 0 Å². The molecule has 1 atom stereocenters. The average Bonchev–Trinajstić information content (AvgIpc) is 3.13. The van der Waals surface area contributed by atoms with Crippen molar-refractivity contribution in [3.63, 3.8) is 0 Å². The number of rotatable bonds is 5. The van der Waals surface area contributed by atoms with Crippen LogP contribution in [0, 0.1) is 5.82 Å². The number of amides is 1. The van der Waals surface area contributed by atoms with Gasteiger partial charge in [0.1, 0.15) is 17.3 Å². The van der Waals surface area contributed by atoms with Crippen molar-refractivity contribution in [3.05, 3.63) is 51.7 Å². The molecule has 2 aromatic rings. The largest absolute Gasteiger partial charge is 0.480 e. The number of carbonyl (C=O) groups excluding carboxylic acids is 1. The lowest BCUT2D eigenvalue weighted by Gasteiger charge is -2.23. The maximum absolute atomic E-state index is 14.4. The Morgan fingerprint density at radius 1 is 1.31 bits per heavy atom. The Bertz CT molecular complexity index is 812. The summed E-state index contributed by atoms with van der Waals surface area (Å²) < 4.78 is 20.7. The third-order valence-electron chi connectivity index (χ3n) is 4.25. The zero-order valence-corrected chi connectivity index (χ0v) is 16.6. The number of hydrogen-bond acceptors (Lipinski definition) is 3. The van der Waals surface area contributed by atoms with Crippen LogP contribution >= 0.6 is 27.5 Å². The number of anilines is 2. The standard InChI is InChI=1S/C19H19BrClFN2O2/c1-12(26-17-8-7-13(21)11-14(17)20)19(25)23-18-15(22)5-4-6-16(18)24-9-2-3-10-24/h4-8,11-12H,2-3,9-10H2,1H3,(H,23,25). The molecular formula is C19H19BrClFN2O2. The first kappa shape index (κ1) is 19.0. The van der Waals surface area contributed by atoms with Gasteiger partial charge in [0.15, 0.2) is 6.10 Å². The highest BCUT2D eigenvalue weighted by Crippen LogP contribution is 2.32. The summed E-state index contributed by atoms with van der Waals surface area (Å²) in [7, 11) is 0. The molecule has 1 amide bonds. The molecule has 1 unspecified atom stereocenters. The van der Waals surface area contributed by atoms with Crippen LogP contribution in [0.25, 0.3) is 0 Å². The summed E-state index contributed by atoms with van der Waals surface area (Å²) in [6, 6.07) is 9.86. The minimum absolute atomic E-state index is 0.199. The van der Waals surface area contributed by atoms with Crippen molar-refractivity contribution in [1.29, 1.82) is 0 Å². The van der Waals surface area contributed by atoms with Crippen LogP contribution in [0.2, 0.25) is 5.02 Å². The highest BCUT2D eigenvalue weighted by molar-refractivity contribution is 9.10. The van der Waals surface area contributed by atoms with Crippen LogP contribution in [0.3, 0.4) is 0 Å². The van der Waals surface area contributed by atoms with E-state index in [-0.39, 0.29) is 5.69 Å². The first-order valence-electron chi connectivity index (χ1n) is 8.42. The van der Waals surface area contributed by atoms with Gasteiger partial charge in [-0.2, -0.15) is 0 Å². The maximum atomic E-state index is 14.4. The van der Waals surface area contributed by atoms with Gasteiger partial charge in [0.2, 0.25) is 0 Å². The van der Waals surface area contributed by atoms with Crippen LogP contribution in [0.15, 0.2) is 40.9 Å². The zero-order chi connectivity index (χ0) is 18.7. The van der Waals surface area contributed by atoms with Crippen molar-refractivity contribution in [3.8, 4) is 5.75 Å². The number of hydrogen-bond donors (Lipinski definition) is 1. The van der Waals surface area contributed by atoms with Gasteiger partial charge in [0.05, 0.1) is 10.2 Å². The molecule has 2 aromatic carbocycles. The molecule has 0 bridgehead atoms. The van der Waals surface area contributed by atoms with Crippen LogP contribution in [0.5, 0.6) is 5.75 Å². The van der Waals surface area contributed by atoms with E-state index in [0.29, 0.717) is 20.9 Å². The molecule has 26 heavy (non-hydrogen) atoms. The molecule has 1 aliphatic rings. The second kappa shape index (κ2) is 8.27. The Morgan fingerprint density at radius 3 is 2.73 bits per heavy atom. The number of para-hydroxylation sites is 1. The van der Waals surface area contributed by atoms with Crippen molar-refractivity contribution in [2.75, 3.05) is 23.3 Å². The van der Waals surface area contributed by atoms with E-state index >= 15 is 0 Å². The predicted octanol–water partition coefficient (Wildman–Crippen LogP) is 5.25. The summed E-state index contributed by atoms with van der Waals surface area (Å²) in [6.45, 7) is 3.33. The van der Waals surface area contributed by atoms with Gasteiger partial charge in [-0.05, 0) is 66.0 Å². The van der Waals surface area contributed by atoms with Crippen molar-refractivity contribution in [1.82, 2.24) is 0 Å². The van der Waals surface area contributed by atoms with Crippen molar-refractivity contribution >= 4 is 44.8 Å². The number of nitrogens with one attached hydrogen (secondary N) is 1. The molecule has 0 spiro atoms. The molecule has 4 nitrogen and oxygen atoms in total. The molecule has 1 saturated heterocycles. The van der Waals surface area contributed by atoms with Crippen LogP contribution in [-0.4, -0.2) is 25.1 Å². The van der Waals surface area contributed by atoms with E-state index in [9.17, 15) is 9.18 Å². The summed E-state index contributed by atoms with van der Waals surface area (Å²) in [6.07, 6.45) is 1.32. The highest BCUT2D eigenvalue weighted by atomic mass is 79.9. The fraction of sp³-hybridized carbons (Fsp3) is 0.316. The lowest BCUT2D eigenvalue weighted by Crippen LogP contribution is -2.31. The first-order valence-corrected chi connectivity index (χ1v) is 9.59. The van der Waals surface area contributed by atoms with Crippen LogP contribution in [-0.2, 0) is 4.79 Å². The summed E-state index contributed by atoms with van der Waals surface area (Å²) in [5.74, 6) is -0.384. The number of nitrogens with zero attached hydrogens (tertiary/aromatic N) is 1. The normalized spacial score (nSPS) is 15.0. The van der Waals surface area contributed by atoms with Gasteiger partial charge >= 0.3 is 0 Å². The molecular weight excluding hydrogens is 423 g/mol. The molecule has 1 N–H and O–H groups in total. The monoisotopic (exact) mass is 440 g/mol. The molecule has 3 rings (SSSR count). The summed E-state index contributed by atoms with van der Waals surface area (Å²) in [5.41, 5.74) is 0.903. The van der Waals surface area contributed by atoms with Crippen LogP contribution in [0.4, 0.5) is 15.8 Å². The third-order valence-corrected chi connectivity index (χ3v) is 5.11. The molecule has 7 heteroatoms. The molecule has 1 heterocycles. The zero-order valence-electron chi connectivity index (χ0n) is 14.3. The minimum atomic E-state index is -0.807. The predicted molar refractivity (Wildman–Crippen MR) is 106 cm³/mol. The van der Waals surface area contributed by atoms with Crippen LogP contribution < -0.4 is 15.0 Å². The summed E-state index contributed by atoms with van der Waals surface area (Å²) in [5, 5.41) is 3.24. The molecule has 0 aliphatic carbocycles. The van der Waals surface area contributed by atoms with Crippen LogP contribution in [0.1, 0.15) is 19.8 Å². The maximum Gasteiger partial charge on any atom is 0.265 e. The van der Waals surface area contributed by atoms with Crippen molar-refractivity contribution < 1.29 is 13.9 Å². The minimum Gasteiger partial charge on any atom is -0.480 e. The van der Waals surface area contributed by atoms with Gasteiger partial charge in [0.25, 0.3) is 5.91 Å². The van der Waals surface area contributed by atoms with E-state index in [2.05, 4.69) is 26.1 Å². The quantitative estimate of drug-likeness (QED) is 0.689. The molecule has 0 saturated carbocycles. The second-order valence-corrected chi connectivity index (χ2v) is 7.44. The molecule has 1 fully saturated rings. The van der Waals surface area contributed by atoms with Gasteiger partial charge < -0.3 is 15.0 Å². The van der Waals surface area contributed by atoms with Gasteiger partial charge in [-0.3, -0.25) is 4.79 Å². The molecule has 0 radical (unpaired) electrons. The first-order chi connectivity index (χ1) is 12.5. The Kier molecular flexibility index (Phi) is 6.04. The van der Waals surface area contributed by atoms with E-state index in [1.807, 2.05) is 6.07 Å². The van der Waals surface area contributed by atoms with Gasteiger partial charge in [-0.15, -0.1) is 0 Å².